The summed E-state index contributed by atoms with van der Waals surface area (Å²) in [6, 6.07) is 1.50. The average molecular weight is 294 g/mol. The maximum atomic E-state index is 11.6. The summed E-state index contributed by atoms with van der Waals surface area (Å²) < 4.78 is 26.4. The van der Waals surface area contributed by atoms with E-state index in [0.717, 1.165) is 0 Å². The zero-order valence-corrected chi connectivity index (χ0v) is 10.4. The number of sulfonamides is 1. The van der Waals surface area contributed by atoms with Crippen molar-refractivity contribution in [1.29, 1.82) is 0 Å². The summed E-state index contributed by atoms with van der Waals surface area (Å²) in [7, 11) is -3.45. The number of nitrogens with one attached hydrogen (secondary N) is 1. The van der Waals surface area contributed by atoms with Crippen molar-refractivity contribution in [3.63, 3.8) is 0 Å². The molecule has 5 nitrogen and oxygen atoms in total. The molecule has 0 spiro atoms. The van der Waals surface area contributed by atoms with Crippen LogP contribution in [0.4, 0.5) is 0 Å². The van der Waals surface area contributed by atoms with Gasteiger partial charge in [0.15, 0.2) is 0 Å². The number of nitrogens with zero attached hydrogens (tertiary/aromatic N) is 1. The second-order valence-electron chi connectivity index (χ2n) is 2.88. The van der Waals surface area contributed by atoms with Crippen LogP contribution in [-0.4, -0.2) is 26.5 Å². The van der Waals surface area contributed by atoms with Crippen molar-refractivity contribution in [2.75, 3.05) is 13.1 Å². The molecule has 1 rings (SSSR count). The van der Waals surface area contributed by atoms with Crippen molar-refractivity contribution in [1.82, 2.24) is 9.71 Å². The van der Waals surface area contributed by atoms with E-state index < -0.39 is 10.0 Å². The maximum Gasteiger partial charge on any atom is 0.242 e. The maximum absolute atomic E-state index is 11.6. The van der Waals surface area contributed by atoms with Crippen LogP contribution in [0.25, 0.3) is 0 Å². The third-order valence-electron chi connectivity index (χ3n) is 1.66. The third-order valence-corrected chi connectivity index (χ3v) is 3.52. The lowest BCUT2D eigenvalue weighted by Gasteiger charge is -2.05. The molecule has 0 aliphatic carbocycles. The van der Waals surface area contributed by atoms with Gasteiger partial charge in [-0.1, -0.05) is 0 Å². The van der Waals surface area contributed by atoms with E-state index >= 15 is 0 Å². The molecule has 1 aromatic heterocycles. The lowest BCUT2D eigenvalue weighted by atomic mass is 10.4. The van der Waals surface area contributed by atoms with Gasteiger partial charge < -0.3 is 5.73 Å². The summed E-state index contributed by atoms with van der Waals surface area (Å²) in [6.45, 7) is 0.796. The van der Waals surface area contributed by atoms with Gasteiger partial charge in [-0.05, 0) is 35.0 Å². The van der Waals surface area contributed by atoms with Gasteiger partial charge in [-0.25, -0.2) is 13.1 Å². The Labute approximate surface area is 97.3 Å². The van der Waals surface area contributed by atoms with Crippen LogP contribution < -0.4 is 10.5 Å². The van der Waals surface area contributed by atoms with Gasteiger partial charge >= 0.3 is 0 Å². The Morgan fingerprint density at radius 1 is 1.47 bits per heavy atom. The van der Waals surface area contributed by atoms with E-state index in [0.29, 0.717) is 24.0 Å². The topological polar surface area (TPSA) is 85.1 Å². The van der Waals surface area contributed by atoms with Gasteiger partial charge in [-0.3, -0.25) is 4.98 Å². The SMILES string of the molecule is NCCCNS(=O)(=O)c1cncc(Br)c1. The fourth-order valence-electron chi connectivity index (χ4n) is 0.931. The molecule has 1 aromatic rings. The summed E-state index contributed by atoms with van der Waals surface area (Å²) in [4.78, 5) is 3.94. The van der Waals surface area contributed by atoms with E-state index in [-0.39, 0.29) is 4.90 Å². The quantitative estimate of drug-likeness (QED) is 0.773. The van der Waals surface area contributed by atoms with Crippen molar-refractivity contribution >= 4 is 26.0 Å². The molecule has 7 heteroatoms. The first kappa shape index (κ1) is 12.6. The highest BCUT2D eigenvalue weighted by Crippen LogP contribution is 2.13. The van der Waals surface area contributed by atoms with E-state index in [1.54, 1.807) is 0 Å². The molecule has 1 heterocycles. The summed E-state index contributed by atoms with van der Waals surface area (Å²) >= 11 is 3.16. The van der Waals surface area contributed by atoms with Crippen LogP contribution in [0.5, 0.6) is 0 Å². The molecule has 0 saturated carbocycles. The van der Waals surface area contributed by atoms with Crippen LogP contribution in [0.1, 0.15) is 6.42 Å². The molecule has 3 N–H and O–H groups in total. The molecule has 0 amide bonds. The Balaban J connectivity index is 2.77. The van der Waals surface area contributed by atoms with Crippen LogP contribution in [0.3, 0.4) is 0 Å². The smallest absolute Gasteiger partial charge is 0.242 e. The summed E-state index contributed by atoms with van der Waals surface area (Å²) in [5.74, 6) is 0. The van der Waals surface area contributed by atoms with Gasteiger partial charge in [-0.15, -0.1) is 0 Å². The second kappa shape index (κ2) is 5.55. The van der Waals surface area contributed by atoms with Crippen LogP contribution in [-0.2, 0) is 10.0 Å². The van der Waals surface area contributed by atoms with E-state index in [9.17, 15) is 8.42 Å². The fourth-order valence-corrected chi connectivity index (χ4v) is 2.51. The Morgan fingerprint density at radius 3 is 2.80 bits per heavy atom. The number of pyridine rings is 1. The molecule has 0 aromatic carbocycles. The minimum atomic E-state index is -3.45. The highest BCUT2D eigenvalue weighted by molar-refractivity contribution is 9.10. The molecule has 0 atom stereocenters. The molecule has 0 bridgehead atoms. The molecule has 0 unspecified atom stereocenters. The van der Waals surface area contributed by atoms with Gasteiger partial charge in [0.25, 0.3) is 0 Å². The minimum Gasteiger partial charge on any atom is -0.330 e. The number of hydrogen-bond acceptors (Lipinski definition) is 4. The average Bonchev–Trinajstić information content (AvgIpc) is 2.18. The highest BCUT2D eigenvalue weighted by Gasteiger charge is 2.13. The molecule has 0 aliphatic rings. The minimum absolute atomic E-state index is 0.147. The zero-order valence-electron chi connectivity index (χ0n) is 7.98. The van der Waals surface area contributed by atoms with E-state index in [4.69, 9.17) is 5.73 Å². The Bertz CT molecular complexity index is 422. The molecular formula is C8H12BrN3O2S. The Morgan fingerprint density at radius 2 is 2.20 bits per heavy atom. The van der Waals surface area contributed by atoms with E-state index in [2.05, 4.69) is 25.6 Å². The standard InChI is InChI=1S/C8H12BrN3O2S/c9-7-4-8(6-11-5-7)15(13,14)12-3-1-2-10/h4-6,12H,1-3,10H2. The summed E-state index contributed by atoms with van der Waals surface area (Å²) in [5, 5.41) is 0. The molecule has 0 saturated heterocycles. The highest BCUT2D eigenvalue weighted by atomic mass is 79.9. The molecule has 0 aliphatic heterocycles. The molecular weight excluding hydrogens is 282 g/mol. The van der Waals surface area contributed by atoms with Crippen LogP contribution in [0, 0.1) is 0 Å². The first-order valence-corrected chi connectivity index (χ1v) is 6.64. The van der Waals surface area contributed by atoms with Gasteiger partial charge in [0.05, 0.1) is 0 Å². The first-order valence-electron chi connectivity index (χ1n) is 4.36. The van der Waals surface area contributed by atoms with Crippen LogP contribution >= 0.6 is 15.9 Å². The van der Waals surface area contributed by atoms with Gasteiger partial charge in [0.2, 0.25) is 10.0 Å². The summed E-state index contributed by atoms with van der Waals surface area (Å²) in [5.41, 5.74) is 5.27. The molecule has 84 valence electrons. The van der Waals surface area contributed by atoms with Crippen molar-refractivity contribution in [3.05, 3.63) is 22.9 Å². The normalized spacial score (nSPS) is 11.6. The number of halogens is 1. The first-order chi connectivity index (χ1) is 7.06. The lowest BCUT2D eigenvalue weighted by Crippen LogP contribution is -2.26. The van der Waals surface area contributed by atoms with E-state index in [1.165, 1.54) is 18.5 Å². The third kappa shape index (κ3) is 3.86. The van der Waals surface area contributed by atoms with Crippen LogP contribution in [0.2, 0.25) is 0 Å². The molecule has 15 heavy (non-hydrogen) atoms. The summed E-state index contributed by atoms with van der Waals surface area (Å²) in [6.07, 6.45) is 3.44. The van der Waals surface area contributed by atoms with Crippen molar-refractivity contribution < 1.29 is 8.42 Å². The monoisotopic (exact) mass is 293 g/mol. The van der Waals surface area contributed by atoms with Gasteiger partial charge in [0.1, 0.15) is 4.90 Å². The van der Waals surface area contributed by atoms with Crippen molar-refractivity contribution in [3.8, 4) is 0 Å². The van der Waals surface area contributed by atoms with Gasteiger partial charge in [0, 0.05) is 23.4 Å². The zero-order chi connectivity index (χ0) is 11.3. The molecule has 0 radical (unpaired) electrons. The van der Waals surface area contributed by atoms with Gasteiger partial charge in [-0.2, -0.15) is 0 Å². The number of rotatable bonds is 5. The van der Waals surface area contributed by atoms with Crippen molar-refractivity contribution in [2.45, 2.75) is 11.3 Å². The second-order valence-corrected chi connectivity index (χ2v) is 5.56. The predicted molar refractivity (Wildman–Crippen MR) is 60.8 cm³/mol. The Kier molecular flexibility index (Phi) is 4.65. The number of nitrogens with two attached hydrogens (primary N) is 1. The predicted octanol–water partition coefficient (Wildman–Crippen LogP) is 0.471. The fraction of sp³-hybridized carbons (Fsp3) is 0.375. The largest absolute Gasteiger partial charge is 0.330 e. The van der Waals surface area contributed by atoms with Crippen molar-refractivity contribution in [2.24, 2.45) is 5.73 Å². The molecule has 0 fully saturated rings. The Hall–Kier alpha value is -0.500. The number of hydrogen-bond donors (Lipinski definition) is 2. The van der Waals surface area contributed by atoms with E-state index in [1.807, 2.05) is 0 Å². The number of aromatic nitrogens is 1. The van der Waals surface area contributed by atoms with Crippen LogP contribution in [0.15, 0.2) is 27.8 Å². The lowest BCUT2D eigenvalue weighted by molar-refractivity contribution is 0.579.